The summed E-state index contributed by atoms with van der Waals surface area (Å²) in [7, 11) is 0. The molecule has 1 aromatic carbocycles. The Morgan fingerprint density at radius 3 is 3.15 bits per heavy atom. The van der Waals surface area contributed by atoms with Gasteiger partial charge in [-0.25, -0.2) is 0 Å². The van der Waals surface area contributed by atoms with Crippen molar-refractivity contribution in [2.75, 3.05) is 0 Å². The maximum atomic E-state index is 8.64. The number of fused-ring (bicyclic) bond motifs is 1. The van der Waals surface area contributed by atoms with E-state index >= 15 is 0 Å². The van der Waals surface area contributed by atoms with Crippen LogP contribution in [0.4, 0.5) is 0 Å². The standard InChI is InChI=1S/C12H10N/c13-9-8-11-6-3-5-10-4-1-2-7-12(10)11/h1-4,7,11H,5,8H2/t11-/m1/s1. The zero-order chi connectivity index (χ0) is 9.10. The van der Waals surface area contributed by atoms with Crippen molar-refractivity contribution < 1.29 is 0 Å². The molecule has 1 atom stereocenters. The van der Waals surface area contributed by atoms with Crippen molar-refractivity contribution in [1.29, 1.82) is 5.26 Å². The molecule has 63 valence electrons. The van der Waals surface area contributed by atoms with Gasteiger partial charge in [-0.3, -0.25) is 0 Å². The molecule has 0 saturated carbocycles. The summed E-state index contributed by atoms with van der Waals surface area (Å²) in [6.45, 7) is 0. The van der Waals surface area contributed by atoms with Crippen molar-refractivity contribution in [1.82, 2.24) is 0 Å². The van der Waals surface area contributed by atoms with Crippen LogP contribution in [-0.4, -0.2) is 0 Å². The summed E-state index contributed by atoms with van der Waals surface area (Å²) >= 11 is 0. The van der Waals surface area contributed by atoms with Gasteiger partial charge in [0.15, 0.2) is 0 Å². The molecule has 0 N–H and O–H groups in total. The molecule has 0 saturated heterocycles. The predicted molar refractivity (Wildman–Crippen MR) is 50.9 cm³/mol. The average Bonchev–Trinajstić information content (AvgIpc) is 2.19. The molecule has 0 amide bonds. The van der Waals surface area contributed by atoms with E-state index in [2.05, 4.69) is 24.3 Å². The van der Waals surface area contributed by atoms with E-state index in [9.17, 15) is 0 Å². The van der Waals surface area contributed by atoms with Gasteiger partial charge in [0.2, 0.25) is 0 Å². The topological polar surface area (TPSA) is 23.8 Å². The van der Waals surface area contributed by atoms with Crippen LogP contribution in [0.1, 0.15) is 23.5 Å². The molecule has 1 aliphatic rings. The Kier molecular flexibility index (Phi) is 2.14. The zero-order valence-electron chi connectivity index (χ0n) is 7.33. The van der Waals surface area contributed by atoms with Crippen molar-refractivity contribution in [2.24, 2.45) is 0 Å². The van der Waals surface area contributed by atoms with Gasteiger partial charge in [0.1, 0.15) is 0 Å². The Hall–Kier alpha value is -1.55. The third-order valence-electron chi connectivity index (χ3n) is 2.37. The van der Waals surface area contributed by atoms with Crippen LogP contribution in [0.2, 0.25) is 0 Å². The molecule has 0 aromatic heterocycles. The molecule has 1 aliphatic carbocycles. The van der Waals surface area contributed by atoms with E-state index in [4.69, 9.17) is 5.26 Å². The number of benzene rings is 1. The summed E-state index contributed by atoms with van der Waals surface area (Å²) in [5.74, 6) is 0.190. The third kappa shape index (κ3) is 1.48. The molecule has 1 radical (unpaired) electrons. The van der Waals surface area contributed by atoms with E-state index in [1.54, 1.807) is 0 Å². The largest absolute Gasteiger partial charge is 0.198 e. The third-order valence-corrected chi connectivity index (χ3v) is 2.37. The SMILES string of the molecule is N#CC[C@H]1[C]=CCc2ccccc21. The van der Waals surface area contributed by atoms with Crippen LogP contribution in [0.15, 0.2) is 30.3 Å². The second kappa shape index (κ2) is 3.45. The van der Waals surface area contributed by atoms with Gasteiger partial charge in [0.05, 0.1) is 6.07 Å². The highest BCUT2D eigenvalue weighted by molar-refractivity contribution is 5.36. The molecule has 1 aromatic rings. The summed E-state index contributed by atoms with van der Waals surface area (Å²) in [6.07, 6.45) is 6.75. The first kappa shape index (κ1) is 8.07. The lowest BCUT2D eigenvalue weighted by molar-refractivity contribution is 0.812. The van der Waals surface area contributed by atoms with Crippen molar-refractivity contribution in [3.05, 3.63) is 47.5 Å². The van der Waals surface area contributed by atoms with Crippen molar-refractivity contribution in [3.63, 3.8) is 0 Å². The number of rotatable bonds is 1. The maximum Gasteiger partial charge on any atom is 0.0631 e. The highest BCUT2D eigenvalue weighted by Crippen LogP contribution is 2.27. The molecule has 13 heavy (non-hydrogen) atoms. The summed E-state index contributed by atoms with van der Waals surface area (Å²) in [5, 5.41) is 8.64. The Balaban J connectivity index is 2.37. The highest BCUT2D eigenvalue weighted by Gasteiger charge is 2.14. The van der Waals surface area contributed by atoms with Crippen LogP contribution in [0.5, 0.6) is 0 Å². The Morgan fingerprint density at radius 2 is 2.31 bits per heavy atom. The monoisotopic (exact) mass is 168 g/mol. The molecule has 0 aliphatic heterocycles. The lowest BCUT2D eigenvalue weighted by Crippen LogP contribution is -2.04. The molecule has 0 fully saturated rings. The summed E-state index contributed by atoms with van der Waals surface area (Å²) in [5.41, 5.74) is 2.60. The van der Waals surface area contributed by atoms with Crippen LogP contribution in [0.3, 0.4) is 0 Å². The van der Waals surface area contributed by atoms with Crippen LogP contribution < -0.4 is 0 Å². The van der Waals surface area contributed by atoms with Crippen LogP contribution in [0, 0.1) is 17.4 Å². The second-order valence-electron chi connectivity index (χ2n) is 3.19. The average molecular weight is 168 g/mol. The number of allylic oxidation sites excluding steroid dienone is 2. The van der Waals surface area contributed by atoms with E-state index < -0.39 is 0 Å². The minimum atomic E-state index is 0.190. The molecule has 1 nitrogen and oxygen atoms in total. The fourth-order valence-electron chi connectivity index (χ4n) is 1.72. The molecule has 0 spiro atoms. The molecular weight excluding hydrogens is 158 g/mol. The van der Waals surface area contributed by atoms with E-state index in [1.807, 2.05) is 18.2 Å². The molecule has 0 bridgehead atoms. The summed E-state index contributed by atoms with van der Waals surface area (Å²) < 4.78 is 0. The van der Waals surface area contributed by atoms with Gasteiger partial charge >= 0.3 is 0 Å². The molecule has 2 rings (SSSR count). The normalized spacial score (nSPS) is 19.2. The minimum Gasteiger partial charge on any atom is -0.198 e. The first-order valence-corrected chi connectivity index (χ1v) is 4.44. The highest BCUT2D eigenvalue weighted by atomic mass is 14.3. The molecular formula is C12H10N. The van der Waals surface area contributed by atoms with Gasteiger partial charge in [-0.2, -0.15) is 5.26 Å². The van der Waals surface area contributed by atoms with Gasteiger partial charge in [0.25, 0.3) is 0 Å². The number of hydrogen-bond donors (Lipinski definition) is 0. The quantitative estimate of drug-likeness (QED) is 0.632. The smallest absolute Gasteiger partial charge is 0.0631 e. The molecule has 1 heteroatoms. The number of nitriles is 1. The lowest BCUT2D eigenvalue weighted by atomic mass is 9.86. The van der Waals surface area contributed by atoms with Crippen LogP contribution in [0.25, 0.3) is 0 Å². The fourth-order valence-corrected chi connectivity index (χ4v) is 1.72. The number of nitrogens with zero attached hydrogens (tertiary/aromatic N) is 1. The molecule has 0 heterocycles. The van der Waals surface area contributed by atoms with Gasteiger partial charge in [-0.1, -0.05) is 30.3 Å². The first-order chi connectivity index (χ1) is 6.42. The van der Waals surface area contributed by atoms with Crippen LogP contribution >= 0.6 is 0 Å². The van der Waals surface area contributed by atoms with Gasteiger partial charge in [-0.05, 0) is 23.6 Å². The zero-order valence-corrected chi connectivity index (χ0v) is 7.33. The van der Waals surface area contributed by atoms with Gasteiger partial charge in [0, 0.05) is 12.3 Å². The number of hydrogen-bond acceptors (Lipinski definition) is 1. The molecule has 0 unspecified atom stereocenters. The van der Waals surface area contributed by atoms with E-state index in [1.165, 1.54) is 11.1 Å². The minimum absolute atomic E-state index is 0.190. The van der Waals surface area contributed by atoms with Crippen molar-refractivity contribution >= 4 is 0 Å². The Morgan fingerprint density at radius 1 is 1.46 bits per heavy atom. The van der Waals surface area contributed by atoms with Gasteiger partial charge < -0.3 is 0 Å². The predicted octanol–water partition coefficient (Wildman–Crippen LogP) is 2.60. The van der Waals surface area contributed by atoms with Crippen molar-refractivity contribution in [2.45, 2.75) is 18.8 Å². The maximum absolute atomic E-state index is 8.64. The first-order valence-electron chi connectivity index (χ1n) is 4.44. The summed E-state index contributed by atoms with van der Waals surface area (Å²) in [6, 6.07) is 10.5. The van der Waals surface area contributed by atoms with E-state index in [0.29, 0.717) is 6.42 Å². The van der Waals surface area contributed by atoms with E-state index in [-0.39, 0.29) is 5.92 Å². The fraction of sp³-hybridized carbons (Fsp3) is 0.250. The summed E-state index contributed by atoms with van der Waals surface area (Å²) in [4.78, 5) is 0. The Bertz CT molecular complexity index is 371. The van der Waals surface area contributed by atoms with E-state index in [0.717, 1.165) is 6.42 Å². The lowest BCUT2D eigenvalue weighted by Gasteiger charge is -2.17. The Labute approximate surface area is 78.3 Å². The van der Waals surface area contributed by atoms with Crippen LogP contribution in [-0.2, 0) is 6.42 Å². The van der Waals surface area contributed by atoms with Crippen molar-refractivity contribution in [3.8, 4) is 6.07 Å². The second-order valence-corrected chi connectivity index (χ2v) is 3.19. The van der Waals surface area contributed by atoms with Gasteiger partial charge in [-0.15, -0.1) is 0 Å².